The predicted octanol–water partition coefficient (Wildman–Crippen LogP) is 0.718. The number of hydrogen-bond donors (Lipinski definition) is 3. The molecule has 0 bridgehead atoms. The average Bonchev–Trinajstić information content (AvgIpc) is 2.91. The number of fused-ring (bicyclic) bond motifs is 1. The molecule has 2 atom stereocenters. The molecule has 9 nitrogen and oxygen atoms in total. The molecule has 0 fully saturated rings. The number of rotatable bonds is 5. The van der Waals surface area contributed by atoms with Gasteiger partial charge >= 0.3 is 0 Å². The first-order valence-corrected chi connectivity index (χ1v) is 10.6. The Morgan fingerprint density at radius 1 is 1.33 bits per heavy atom. The van der Waals surface area contributed by atoms with Crippen LogP contribution in [0, 0.1) is 6.92 Å². The van der Waals surface area contributed by atoms with Crippen LogP contribution >= 0.6 is 0 Å². The van der Waals surface area contributed by atoms with Crippen LogP contribution in [0.5, 0.6) is 0 Å². The Balaban J connectivity index is 1.94. The van der Waals surface area contributed by atoms with Crippen molar-refractivity contribution >= 4 is 39.5 Å². The molecule has 30 heavy (non-hydrogen) atoms. The van der Waals surface area contributed by atoms with Crippen molar-refractivity contribution in [2.75, 3.05) is 31.1 Å². The van der Waals surface area contributed by atoms with Crippen molar-refractivity contribution in [1.82, 2.24) is 15.2 Å². The topological polar surface area (TPSA) is 129 Å². The first-order valence-electron chi connectivity index (χ1n) is 9.52. The zero-order valence-electron chi connectivity index (χ0n) is 16.9. The largest absolute Gasteiger partial charge is 0.348 e. The highest BCUT2D eigenvalue weighted by Crippen LogP contribution is 2.30. The molecule has 0 radical (unpaired) electrons. The number of aromatic nitrogens is 1. The van der Waals surface area contributed by atoms with Crippen LogP contribution in [0.3, 0.4) is 0 Å². The summed E-state index contributed by atoms with van der Waals surface area (Å²) in [5, 5.41) is 4.45. The third-order valence-corrected chi connectivity index (χ3v) is 5.80. The monoisotopic (exact) mass is 431 g/mol. The zero-order chi connectivity index (χ0) is 21.8. The highest BCUT2D eigenvalue weighted by Gasteiger charge is 2.30. The number of amides is 2. The molecule has 160 valence electrons. The molecule has 10 heteroatoms. The summed E-state index contributed by atoms with van der Waals surface area (Å²) in [7, 11) is 0. The van der Waals surface area contributed by atoms with Gasteiger partial charge in [-0.15, -0.1) is 0 Å². The highest BCUT2D eigenvalue weighted by atomic mass is 32.2. The van der Waals surface area contributed by atoms with Crippen LogP contribution in [0.15, 0.2) is 41.6 Å². The third-order valence-electron chi connectivity index (χ3n) is 5.05. The Kier molecular flexibility index (Phi) is 6.80. The molecule has 0 saturated heterocycles. The zero-order valence-corrected chi connectivity index (χ0v) is 17.7. The maximum absolute atomic E-state index is 12.7. The molecule has 0 spiro atoms. The molecule has 1 aliphatic rings. The van der Waals surface area contributed by atoms with Crippen LogP contribution in [0.25, 0.3) is 10.8 Å². The van der Waals surface area contributed by atoms with E-state index < -0.39 is 22.9 Å². The normalized spacial score (nSPS) is 18.0. The average molecular weight is 432 g/mol. The number of carbonyl (C=O) groups excluding carboxylic acids is 2. The molecule has 4 N–H and O–H groups in total. The van der Waals surface area contributed by atoms with Crippen LogP contribution in [0.2, 0.25) is 0 Å². The Labute approximate surface area is 177 Å². The van der Waals surface area contributed by atoms with Gasteiger partial charge in [0.25, 0.3) is 0 Å². The van der Waals surface area contributed by atoms with Crippen LogP contribution in [0.4, 0.5) is 5.82 Å². The van der Waals surface area contributed by atoms with E-state index in [1.165, 1.54) is 4.90 Å². The van der Waals surface area contributed by atoms with Gasteiger partial charge in [-0.3, -0.25) is 14.5 Å². The standard InChI is InChI=1S/C20H25N5O4S/c1-13-10-23-20(16-6-4-3-5-15(13)16)24-8-7-19(30(28)29)25(12-14(24)2)18(27)11-22-17(26)9-21/h3-7,10,14H,8-9,11-12,21H2,1-2H3,(H,22,26)(H,28,29). The summed E-state index contributed by atoms with van der Waals surface area (Å²) in [6.45, 7) is 3.85. The summed E-state index contributed by atoms with van der Waals surface area (Å²) in [5.74, 6) is -0.214. The second-order valence-electron chi connectivity index (χ2n) is 7.09. The number of nitrogens with two attached hydrogens (primary N) is 1. The molecule has 3 rings (SSSR count). The number of nitrogens with zero attached hydrogens (tertiary/aromatic N) is 3. The van der Waals surface area contributed by atoms with Crippen molar-refractivity contribution < 1.29 is 18.4 Å². The Morgan fingerprint density at radius 2 is 2.03 bits per heavy atom. The fourth-order valence-electron chi connectivity index (χ4n) is 3.49. The molecular weight excluding hydrogens is 406 g/mol. The van der Waals surface area contributed by atoms with E-state index in [-0.39, 0.29) is 30.7 Å². The molecule has 0 saturated carbocycles. The first-order chi connectivity index (χ1) is 14.3. The second kappa shape index (κ2) is 9.33. The van der Waals surface area contributed by atoms with Crippen molar-refractivity contribution in [3.63, 3.8) is 0 Å². The SMILES string of the molecule is Cc1cnc(N2CC=C(S(=O)O)N(C(=O)CNC(=O)CN)CC2C)c2ccccc12. The Morgan fingerprint density at radius 3 is 2.70 bits per heavy atom. The lowest BCUT2D eigenvalue weighted by atomic mass is 10.1. The maximum Gasteiger partial charge on any atom is 0.246 e. The van der Waals surface area contributed by atoms with Crippen LogP contribution in [-0.4, -0.2) is 62.7 Å². The van der Waals surface area contributed by atoms with E-state index in [0.717, 1.165) is 22.2 Å². The predicted molar refractivity (Wildman–Crippen MR) is 116 cm³/mol. The lowest BCUT2D eigenvalue weighted by molar-refractivity contribution is -0.130. The fraction of sp³-hybridized carbons (Fsp3) is 0.350. The molecule has 2 amide bonds. The highest BCUT2D eigenvalue weighted by molar-refractivity contribution is 7.83. The number of hydrogen-bond acceptors (Lipinski definition) is 6. The van der Waals surface area contributed by atoms with Crippen molar-refractivity contribution in [1.29, 1.82) is 0 Å². The molecule has 1 aliphatic heterocycles. The molecule has 2 heterocycles. The van der Waals surface area contributed by atoms with E-state index in [1.54, 1.807) is 12.3 Å². The van der Waals surface area contributed by atoms with Crippen LogP contribution in [-0.2, 0) is 20.7 Å². The maximum atomic E-state index is 12.7. The van der Waals surface area contributed by atoms with Gasteiger partial charge in [-0.1, -0.05) is 24.3 Å². The Hall–Kier alpha value is -2.82. The van der Waals surface area contributed by atoms with Gasteiger partial charge in [0.05, 0.1) is 13.1 Å². The molecule has 1 aromatic heterocycles. The summed E-state index contributed by atoms with van der Waals surface area (Å²) in [4.78, 5) is 31.9. The van der Waals surface area contributed by atoms with E-state index in [0.29, 0.717) is 6.54 Å². The van der Waals surface area contributed by atoms with E-state index >= 15 is 0 Å². The summed E-state index contributed by atoms with van der Waals surface area (Å²) in [6.07, 6.45) is 3.36. The number of carbonyl (C=O) groups is 2. The van der Waals surface area contributed by atoms with Crippen molar-refractivity contribution in [3.05, 3.63) is 47.1 Å². The van der Waals surface area contributed by atoms with Gasteiger partial charge < -0.3 is 20.5 Å². The second-order valence-corrected chi connectivity index (χ2v) is 8.01. The van der Waals surface area contributed by atoms with Crippen molar-refractivity contribution in [2.24, 2.45) is 5.73 Å². The van der Waals surface area contributed by atoms with Gasteiger partial charge in [-0.05, 0) is 30.9 Å². The minimum Gasteiger partial charge on any atom is -0.348 e. The fourth-order valence-corrected chi connectivity index (χ4v) is 4.08. The summed E-state index contributed by atoms with van der Waals surface area (Å²) in [6, 6.07) is 7.72. The molecule has 2 unspecified atom stereocenters. The quantitative estimate of drug-likeness (QED) is 0.595. The van der Waals surface area contributed by atoms with Gasteiger partial charge in [0.1, 0.15) is 10.8 Å². The molecule has 1 aromatic carbocycles. The summed E-state index contributed by atoms with van der Waals surface area (Å²) < 4.78 is 21.7. The van der Waals surface area contributed by atoms with E-state index in [9.17, 15) is 18.4 Å². The van der Waals surface area contributed by atoms with Crippen LogP contribution in [0.1, 0.15) is 12.5 Å². The van der Waals surface area contributed by atoms with Crippen molar-refractivity contribution in [2.45, 2.75) is 19.9 Å². The number of pyridine rings is 1. The number of anilines is 1. The summed E-state index contributed by atoms with van der Waals surface area (Å²) in [5.41, 5.74) is 6.30. The minimum absolute atomic E-state index is 0.00670. The summed E-state index contributed by atoms with van der Waals surface area (Å²) >= 11 is -2.37. The van der Waals surface area contributed by atoms with E-state index in [1.807, 2.05) is 43.0 Å². The number of benzene rings is 1. The lowest BCUT2D eigenvalue weighted by Gasteiger charge is -2.31. The molecule has 2 aromatic rings. The van der Waals surface area contributed by atoms with Gasteiger partial charge in [-0.25, -0.2) is 9.19 Å². The van der Waals surface area contributed by atoms with Gasteiger partial charge in [0, 0.05) is 30.7 Å². The minimum atomic E-state index is -2.37. The van der Waals surface area contributed by atoms with Gasteiger partial charge in [0.15, 0.2) is 0 Å². The Bertz CT molecular complexity index is 1030. The van der Waals surface area contributed by atoms with Gasteiger partial charge in [-0.2, -0.15) is 0 Å². The van der Waals surface area contributed by atoms with E-state index in [2.05, 4.69) is 10.3 Å². The smallest absolute Gasteiger partial charge is 0.246 e. The molecule has 0 aliphatic carbocycles. The van der Waals surface area contributed by atoms with Crippen LogP contribution < -0.4 is 16.0 Å². The number of nitrogens with one attached hydrogen (secondary N) is 1. The van der Waals surface area contributed by atoms with Crippen molar-refractivity contribution in [3.8, 4) is 0 Å². The third kappa shape index (κ3) is 4.50. The first kappa shape index (κ1) is 21.9. The molecular formula is C20H25N5O4S. The van der Waals surface area contributed by atoms with Gasteiger partial charge in [0.2, 0.25) is 22.9 Å². The number of aryl methyl sites for hydroxylation is 1. The lowest BCUT2D eigenvalue weighted by Crippen LogP contribution is -2.46. The van der Waals surface area contributed by atoms with E-state index in [4.69, 9.17) is 5.73 Å².